The Morgan fingerprint density at radius 2 is 2.04 bits per heavy atom. The molecular formula is C18H25N4O2S+. The van der Waals surface area contributed by atoms with Crippen molar-refractivity contribution in [3.05, 3.63) is 16.0 Å². The van der Waals surface area contributed by atoms with Crippen LogP contribution in [0.4, 0.5) is 5.00 Å². The number of amides is 2. The van der Waals surface area contributed by atoms with Crippen LogP contribution < -0.4 is 15.5 Å². The normalized spacial score (nSPS) is 17.3. The van der Waals surface area contributed by atoms with E-state index in [2.05, 4.69) is 16.7 Å². The van der Waals surface area contributed by atoms with Crippen molar-refractivity contribution >= 4 is 28.2 Å². The van der Waals surface area contributed by atoms with Gasteiger partial charge in [0.2, 0.25) is 5.91 Å². The van der Waals surface area contributed by atoms with Gasteiger partial charge in [0, 0.05) is 10.9 Å². The highest BCUT2D eigenvalue weighted by atomic mass is 32.1. The molecule has 3 rings (SSSR count). The van der Waals surface area contributed by atoms with Gasteiger partial charge in [0.15, 0.2) is 6.54 Å². The second-order valence-corrected chi connectivity index (χ2v) is 8.16. The number of hydrogen-bond donors (Lipinski definition) is 3. The van der Waals surface area contributed by atoms with E-state index in [0.29, 0.717) is 36.1 Å². The first kappa shape index (κ1) is 17.9. The number of thiophene rings is 1. The first-order chi connectivity index (χ1) is 12.1. The molecule has 7 heteroatoms. The monoisotopic (exact) mass is 361 g/mol. The van der Waals surface area contributed by atoms with Crippen LogP contribution in [0, 0.1) is 11.3 Å². The fraction of sp³-hybridized carbons (Fsp3) is 0.611. The summed E-state index contributed by atoms with van der Waals surface area (Å²) in [5.74, 6) is -0.0323. The number of likely N-dealkylation sites (N-methyl/N-ethyl adjacent to an activating group) is 1. The minimum Gasteiger partial charge on any atom is -0.348 e. The van der Waals surface area contributed by atoms with Gasteiger partial charge in [0.25, 0.3) is 5.91 Å². The molecule has 3 N–H and O–H groups in total. The van der Waals surface area contributed by atoms with Gasteiger partial charge in [-0.05, 0) is 44.1 Å². The van der Waals surface area contributed by atoms with E-state index in [1.807, 2.05) is 7.05 Å². The fourth-order valence-corrected chi connectivity index (χ4v) is 4.41. The zero-order valence-electron chi connectivity index (χ0n) is 14.6. The lowest BCUT2D eigenvalue weighted by atomic mass is 9.96. The topological polar surface area (TPSA) is 86.4 Å². The molecule has 0 bridgehead atoms. The number of quaternary nitrogens is 1. The van der Waals surface area contributed by atoms with E-state index in [1.54, 1.807) is 11.3 Å². The summed E-state index contributed by atoms with van der Waals surface area (Å²) >= 11 is 1.55. The Morgan fingerprint density at radius 3 is 2.76 bits per heavy atom. The van der Waals surface area contributed by atoms with Crippen LogP contribution in [0.5, 0.6) is 0 Å². The van der Waals surface area contributed by atoms with Crippen LogP contribution in [-0.2, 0) is 22.4 Å². The molecule has 1 aromatic heterocycles. The zero-order chi connectivity index (χ0) is 17.8. The standard InChI is InChI=1S/C18H24N4O2S/c1-22(11-17(24)20-12-6-7-12)9-8-16(23)21-18-14(10-19)13-4-2-3-5-15(13)25-18/h12H,2-9,11H2,1H3,(H,20,24)(H,21,23)/p+1. The van der Waals surface area contributed by atoms with E-state index in [0.717, 1.165) is 49.0 Å². The van der Waals surface area contributed by atoms with Crippen LogP contribution in [0.3, 0.4) is 0 Å². The fourth-order valence-electron chi connectivity index (χ4n) is 3.16. The third-order valence-electron chi connectivity index (χ3n) is 4.72. The van der Waals surface area contributed by atoms with E-state index < -0.39 is 0 Å². The van der Waals surface area contributed by atoms with Crippen LogP contribution in [-0.4, -0.2) is 38.0 Å². The quantitative estimate of drug-likeness (QED) is 0.665. The highest BCUT2D eigenvalue weighted by Crippen LogP contribution is 2.37. The van der Waals surface area contributed by atoms with E-state index in [1.165, 1.54) is 4.88 Å². The van der Waals surface area contributed by atoms with Gasteiger partial charge < -0.3 is 15.5 Å². The van der Waals surface area contributed by atoms with Crippen LogP contribution in [0.15, 0.2) is 0 Å². The number of carbonyl (C=O) groups is 2. The minimum absolute atomic E-state index is 0.0538. The Bertz CT molecular complexity index is 703. The van der Waals surface area contributed by atoms with Crippen LogP contribution in [0.25, 0.3) is 0 Å². The molecule has 1 unspecified atom stereocenters. The summed E-state index contributed by atoms with van der Waals surface area (Å²) in [6.45, 7) is 0.984. The number of rotatable bonds is 7. The molecule has 2 amide bonds. The predicted molar refractivity (Wildman–Crippen MR) is 96.7 cm³/mol. The number of nitrogens with one attached hydrogen (secondary N) is 3. The van der Waals surface area contributed by atoms with Crippen molar-refractivity contribution in [3.8, 4) is 6.07 Å². The van der Waals surface area contributed by atoms with Crippen LogP contribution in [0.2, 0.25) is 0 Å². The van der Waals surface area contributed by atoms with Gasteiger partial charge in [-0.3, -0.25) is 9.59 Å². The molecule has 1 saturated carbocycles. The second-order valence-electron chi connectivity index (χ2n) is 7.05. The Balaban J connectivity index is 1.48. The van der Waals surface area contributed by atoms with Crippen LogP contribution >= 0.6 is 11.3 Å². The van der Waals surface area contributed by atoms with Crippen LogP contribution in [0.1, 0.15) is 48.1 Å². The molecule has 25 heavy (non-hydrogen) atoms. The van der Waals surface area contributed by atoms with E-state index in [9.17, 15) is 14.9 Å². The van der Waals surface area contributed by atoms with Gasteiger partial charge in [0.05, 0.1) is 25.6 Å². The largest absolute Gasteiger partial charge is 0.348 e. The lowest BCUT2D eigenvalue weighted by Crippen LogP contribution is -3.10. The number of anilines is 1. The summed E-state index contributed by atoms with van der Waals surface area (Å²) < 4.78 is 0. The zero-order valence-corrected chi connectivity index (χ0v) is 15.4. The SMILES string of the molecule is C[NH+](CCC(=O)Nc1sc2c(c1C#N)CCCC2)CC(=O)NC1CC1. The average molecular weight is 361 g/mol. The molecule has 1 fully saturated rings. The molecule has 0 aliphatic heterocycles. The maximum Gasteiger partial charge on any atom is 0.275 e. The van der Waals surface area contributed by atoms with Crippen molar-refractivity contribution in [1.29, 1.82) is 5.26 Å². The number of nitrogens with zero attached hydrogens (tertiary/aromatic N) is 1. The molecule has 1 aromatic rings. The Kier molecular flexibility index (Phi) is 5.71. The van der Waals surface area contributed by atoms with Crippen molar-refractivity contribution in [2.75, 3.05) is 25.5 Å². The summed E-state index contributed by atoms with van der Waals surface area (Å²) in [4.78, 5) is 26.3. The summed E-state index contributed by atoms with van der Waals surface area (Å²) in [5, 5.41) is 16.0. The number of fused-ring (bicyclic) bond motifs is 1. The number of hydrogen-bond acceptors (Lipinski definition) is 4. The lowest BCUT2D eigenvalue weighted by Gasteiger charge is -2.13. The summed E-state index contributed by atoms with van der Waals surface area (Å²) in [7, 11) is 1.92. The third-order valence-corrected chi connectivity index (χ3v) is 5.93. The van der Waals surface area contributed by atoms with E-state index in [-0.39, 0.29) is 11.8 Å². The van der Waals surface area contributed by atoms with Gasteiger partial charge in [-0.1, -0.05) is 0 Å². The van der Waals surface area contributed by atoms with Gasteiger partial charge in [-0.25, -0.2) is 0 Å². The molecule has 0 saturated heterocycles. The van der Waals surface area contributed by atoms with Gasteiger partial charge in [-0.15, -0.1) is 11.3 Å². The summed E-state index contributed by atoms with van der Waals surface area (Å²) in [5.41, 5.74) is 1.78. The molecule has 0 aromatic carbocycles. The molecule has 134 valence electrons. The Morgan fingerprint density at radius 1 is 1.28 bits per heavy atom. The second kappa shape index (κ2) is 7.98. The van der Waals surface area contributed by atoms with Crippen molar-refractivity contribution < 1.29 is 14.5 Å². The van der Waals surface area contributed by atoms with Gasteiger partial charge in [0.1, 0.15) is 11.1 Å². The summed E-state index contributed by atoms with van der Waals surface area (Å²) in [6.07, 6.45) is 6.72. The third kappa shape index (κ3) is 4.80. The average Bonchev–Trinajstić information content (AvgIpc) is 3.31. The van der Waals surface area contributed by atoms with Gasteiger partial charge in [-0.2, -0.15) is 5.26 Å². The molecule has 0 spiro atoms. The highest BCUT2D eigenvalue weighted by molar-refractivity contribution is 7.16. The van der Waals surface area contributed by atoms with Crippen molar-refractivity contribution in [1.82, 2.24) is 5.32 Å². The van der Waals surface area contributed by atoms with Gasteiger partial charge >= 0.3 is 0 Å². The summed E-state index contributed by atoms with van der Waals surface area (Å²) in [6, 6.07) is 2.63. The lowest BCUT2D eigenvalue weighted by molar-refractivity contribution is -0.870. The number of aryl methyl sites for hydroxylation is 1. The number of nitriles is 1. The smallest absolute Gasteiger partial charge is 0.275 e. The Labute approximate surface area is 152 Å². The molecule has 0 radical (unpaired) electrons. The first-order valence-corrected chi connectivity index (χ1v) is 9.83. The molecule has 2 aliphatic rings. The number of carbonyl (C=O) groups excluding carboxylic acids is 2. The Hall–Kier alpha value is -1.91. The molecule has 6 nitrogen and oxygen atoms in total. The molecule has 1 atom stereocenters. The highest BCUT2D eigenvalue weighted by Gasteiger charge is 2.25. The van der Waals surface area contributed by atoms with E-state index >= 15 is 0 Å². The molecule has 1 heterocycles. The van der Waals surface area contributed by atoms with Crippen molar-refractivity contribution in [3.63, 3.8) is 0 Å². The maximum atomic E-state index is 12.2. The first-order valence-electron chi connectivity index (χ1n) is 9.02. The predicted octanol–water partition coefficient (Wildman–Crippen LogP) is 0.620. The van der Waals surface area contributed by atoms with Crippen molar-refractivity contribution in [2.24, 2.45) is 0 Å². The molecule has 2 aliphatic carbocycles. The van der Waals surface area contributed by atoms with Crippen molar-refractivity contribution in [2.45, 2.75) is 51.0 Å². The van der Waals surface area contributed by atoms with E-state index in [4.69, 9.17) is 0 Å². The minimum atomic E-state index is -0.0861. The molecular weight excluding hydrogens is 336 g/mol. The maximum absolute atomic E-state index is 12.2.